The van der Waals surface area contributed by atoms with Gasteiger partial charge in [-0.15, -0.1) is 0 Å². The zero-order valence-electron chi connectivity index (χ0n) is 10.7. The number of likely N-dealkylation sites (tertiary alicyclic amines) is 1. The molecule has 0 aliphatic carbocycles. The van der Waals surface area contributed by atoms with Crippen molar-refractivity contribution >= 4 is 18.7 Å². The highest BCUT2D eigenvalue weighted by molar-refractivity contribution is 7.80. The van der Waals surface area contributed by atoms with E-state index in [0.717, 1.165) is 25.9 Å². The molecule has 0 bridgehead atoms. The van der Waals surface area contributed by atoms with Gasteiger partial charge in [-0.25, -0.2) is 4.79 Å². The van der Waals surface area contributed by atoms with Crippen molar-refractivity contribution in [2.24, 2.45) is 5.92 Å². The average molecular weight is 245 g/mol. The summed E-state index contributed by atoms with van der Waals surface area (Å²) in [5, 5.41) is 0.338. The van der Waals surface area contributed by atoms with Crippen LogP contribution in [0.4, 0.5) is 4.79 Å². The van der Waals surface area contributed by atoms with Crippen LogP contribution in [0.2, 0.25) is 0 Å². The van der Waals surface area contributed by atoms with Crippen molar-refractivity contribution < 1.29 is 9.53 Å². The monoisotopic (exact) mass is 245 g/mol. The summed E-state index contributed by atoms with van der Waals surface area (Å²) in [5.74, 6) is 0.490. The van der Waals surface area contributed by atoms with Crippen LogP contribution >= 0.6 is 12.6 Å². The zero-order valence-corrected chi connectivity index (χ0v) is 11.6. The van der Waals surface area contributed by atoms with Crippen LogP contribution in [-0.2, 0) is 4.74 Å². The highest BCUT2D eigenvalue weighted by Crippen LogP contribution is 2.23. The Morgan fingerprint density at radius 2 is 2.12 bits per heavy atom. The van der Waals surface area contributed by atoms with Crippen molar-refractivity contribution in [3.63, 3.8) is 0 Å². The van der Waals surface area contributed by atoms with Gasteiger partial charge in [0.2, 0.25) is 0 Å². The normalized spacial score (nSPS) is 24.1. The maximum atomic E-state index is 11.9. The second kappa shape index (κ2) is 5.30. The molecule has 4 heteroatoms. The molecular formula is C12H23NO2S. The van der Waals surface area contributed by atoms with E-state index in [0.29, 0.717) is 11.2 Å². The van der Waals surface area contributed by atoms with Gasteiger partial charge in [-0.05, 0) is 39.5 Å². The third-order valence-electron chi connectivity index (χ3n) is 2.79. The van der Waals surface area contributed by atoms with E-state index < -0.39 is 5.60 Å². The molecule has 0 N–H and O–H groups in total. The van der Waals surface area contributed by atoms with Crippen molar-refractivity contribution in [1.82, 2.24) is 4.90 Å². The lowest BCUT2D eigenvalue weighted by molar-refractivity contribution is 0.0167. The van der Waals surface area contributed by atoms with Gasteiger partial charge in [-0.1, -0.05) is 6.92 Å². The SMILES string of the molecule is C[C@@H](S)[C@H]1CCCN(C(=O)OC(C)(C)C)C1. The Bertz CT molecular complexity index is 248. The number of carbonyl (C=O) groups excluding carboxylic acids is 1. The molecule has 3 nitrogen and oxygen atoms in total. The number of hydrogen-bond donors (Lipinski definition) is 1. The largest absolute Gasteiger partial charge is 0.444 e. The van der Waals surface area contributed by atoms with Gasteiger partial charge in [0.1, 0.15) is 5.60 Å². The molecule has 0 unspecified atom stereocenters. The summed E-state index contributed by atoms with van der Waals surface area (Å²) in [7, 11) is 0. The smallest absolute Gasteiger partial charge is 0.410 e. The molecule has 0 aromatic carbocycles. The van der Waals surface area contributed by atoms with Crippen LogP contribution in [0.3, 0.4) is 0 Å². The molecule has 1 heterocycles. The van der Waals surface area contributed by atoms with E-state index in [2.05, 4.69) is 19.6 Å². The summed E-state index contributed by atoms with van der Waals surface area (Å²) in [5.41, 5.74) is -0.406. The molecule has 0 spiro atoms. The number of hydrogen-bond acceptors (Lipinski definition) is 3. The fourth-order valence-corrected chi connectivity index (χ4v) is 2.14. The summed E-state index contributed by atoms with van der Waals surface area (Å²) in [6.45, 7) is 9.37. The topological polar surface area (TPSA) is 29.5 Å². The molecule has 2 atom stereocenters. The Labute approximate surface area is 104 Å². The molecule has 94 valence electrons. The van der Waals surface area contributed by atoms with Gasteiger partial charge in [0, 0.05) is 18.3 Å². The Morgan fingerprint density at radius 1 is 1.50 bits per heavy atom. The summed E-state index contributed by atoms with van der Waals surface area (Å²) in [6.07, 6.45) is 2.02. The number of nitrogens with zero attached hydrogens (tertiary/aromatic N) is 1. The molecule has 0 radical (unpaired) electrons. The van der Waals surface area contributed by atoms with Crippen LogP contribution in [0, 0.1) is 5.92 Å². The molecule has 1 amide bonds. The molecule has 1 aliphatic rings. The quantitative estimate of drug-likeness (QED) is 0.720. The Hall–Kier alpha value is -0.380. The molecular weight excluding hydrogens is 222 g/mol. The van der Waals surface area contributed by atoms with Gasteiger partial charge in [-0.2, -0.15) is 12.6 Å². The standard InChI is InChI=1S/C12H23NO2S/c1-9(16)10-6-5-7-13(8-10)11(14)15-12(2,3)4/h9-10,16H,5-8H2,1-4H3/t9-,10+/m1/s1. The first kappa shape index (κ1) is 13.7. The zero-order chi connectivity index (χ0) is 12.3. The van der Waals surface area contributed by atoms with Gasteiger partial charge < -0.3 is 9.64 Å². The van der Waals surface area contributed by atoms with Gasteiger partial charge in [0.15, 0.2) is 0 Å². The number of piperidine rings is 1. The molecule has 1 rings (SSSR count). The Morgan fingerprint density at radius 3 is 2.62 bits per heavy atom. The third-order valence-corrected chi connectivity index (χ3v) is 3.21. The molecule has 0 saturated carbocycles. The van der Waals surface area contributed by atoms with Crippen molar-refractivity contribution in [1.29, 1.82) is 0 Å². The maximum Gasteiger partial charge on any atom is 0.410 e. The molecule has 0 aromatic rings. The van der Waals surface area contributed by atoms with Gasteiger partial charge in [0.25, 0.3) is 0 Å². The number of ether oxygens (including phenoxy) is 1. The fraction of sp³-hybridized carbons (Fsp3) is 0.917. The second-order valence-electron chi connectivity index (χ2n) is 5.57. The molecule has 1 fully saturated rings. The van der Waals surface area contributed by atoms with Crippen LogP contribution in [-0.4, -0.2) is 34.9 Å². The van der Waals surface area contributed by atoms with Gasteiger partial charge >= 0.3 is 6.09 Å². The number of carbonyl (C=O) groups is 1. The predicted molar refractivity (Wildman–Crippen MR) is 69.0 cm³/mol. The first-order chi connectivity index (χ1) is 7.29. The van der Waals surface area contributed by atoms with E-state index in [1.54, 1.807) is 0 Å². The summed E-state index contributed by atoms with van der Waals surface area (Å²) in [4.78, 5) is 13.7. The highest BCUT2D eigenvalue weighted by Gasteiger charge is 2.28. The second-order valence-corrected chi connectivity index (χ2v) is 6.38. The first-order valence-corrected chi connectivity index (χ1v) is 6.47. The van der Waals surface area contributed by atoms with Crippen molar-refractivity contribution in [3.8, 4) is 0 Å². The predicted octanol–water partition coefficient (Wildman–Crippen LogP) is 2.95. The van der Waals surface area contributed by atoms with E-state index in [-0.39, 0.29) is 6.09 Å². The fourth-order valence-electron chi connectivity index (χ4n) is 1.90. The first-order valence-electron chi connectivity index (χ1n) is 5.95. The lowest BCUT2D eigenvalue weighted by Crippen LogP contribution is -2.44. The summed E-state index contributed by atoms with van der Waals surface area (Å²) in [6, 6.07) is 0. The average Bonchev–Trinajstić information content (AvgIpc) is 2.15. The van der Waals surface area contributed by atoms with E-state index in [1.165, 1.54) is 0 Å². The minimum atomic E-state index is -0.406. The van der Waals surface area contributed by atoms with Gasteiger partial charge in [0.05, 0.1) is 0 Å². The number of amides is 1. The lowest BCUT2D eigenvalue weighted by Gasteiger charge is -2.35. The van der Waals surface area contributed by atoms with Crippen LogP contribution in [0.25, 0.3) is 0 Å². The molecule has 0 aromatic heterocycles. The molecule has 16 heavy (non-hydrogen) atoms. The number of thiol groups is 1. The van der Waals surface area contributed by atoms with Crippen molar-refractivity contribution in [2.75, 3.05) is 13.1 Å². The minimum absolute atomic E-state index is 0.189. The van der Waals surface area contributed by atoms with Crippen LogP contribution in [0.5, 0.6) is 0 Å². The van der Waals surface area contributed by atoms with Gasteiger partial charge in [-0.3, -0.25) is 0 Å². The van der Waals surface area contributed by atoms with Crippen molar-refractivity contribution in [3.05, 3.63) is 0 Å². The minimum Gasteiger partial charge on any atom is -0.444 e. The molecule has 1 saturated heterocycles. The summed E-state index contributed by atoms with van der Waals surface area (Å²) >= 11 is 4.46. The van der Waals surface area contributed by atoms with E-state index >= 15 is 0 Å². The van der Waals surface area contributed by atoms with Crippen molar-refractivity contribution in [2.45, 2.75) is 51.4 Å². The summed E-state index contributed by atoms with van der Waals surface area (Å²) < 4.78 is 5.37. The van der Waals surface area contributed by atoms with E-state index in [4.69, 9.17) is 4.74 Å². The Balaban J connectivity index is 2.50. The lowest BCUT2D eigenvalue weighted by atomic mass is 9.95. The van der Waals surface area contributed by atoms with Crippen LogP contribution in [0.15, 0.2) is 0 Å². The van der Waals surface area contributed by atoms with E-state index in [9.17, 15) is 4.79 Å². The third kappa shape index (κ3) is 4.24. The Kier molecular flexibility index (Phi) is 4.53. The van der Waals surface area contributed by atoms with Crippen LogP contribution < -0.4 is 0 Å². The van der Waals surface area contributed by atoms with Crippen LogP contribution in [0.1, 0.15) is 40.5 Å². The maximum absolute atomic E-state index is 11.9. The molecule has 1 aliphatic heterocycles. The highest BCUT2D eigenvalue weighted by atomic mass is 32.1. The van der Waals surface area contributed by atoms with E-state index in [1.807, 2.05) is 25.7 Å². The number of rotatable bonds is 1.